The van der Waals surface area contributed by atoms with Crippen LogP contribution in [-0.4, -0.2) is 51.6 Å². The van der Waals surface area contributed by atoms with Gasteiger partial charge in [-0.25, -0.2) is 9.59 Å². The highest BCUT2D eigenvalue weighted by atomic mass is 16.6. The fourth-order valence-corrected chi connectivity index (χ4v) is 4.22. The van der Waals surface area contributed by atoms with Gasteiger partial charge in [0, 0.05) is 0 Å². The van der Waals surface area contributed by atoms with Crippen LogP contribution < -0.4 is 18.9 Å². The van der Waals surface area contributed by atoms with E-state index in [0.717, 1.165) is 38.5 Å². The largest absolute Gasteiger partial charge is 0.493 e. The first-order valence-corrected chi connectivity index (χ1v) is 13.5. The summed E-state index contributed by atoms with van der Waals surface area (Å²) >= 11 is 0. The van der Waals surface area contributed by atoms with E-state index in [9.17, 15) is 9.59 Å². The van der Waals surface area contributed by atoms with Crippen LogP contribution in [0.2, 0.25) is 0 Å². The van der Waals surface area contributed by atoms with Crippen LogP contribution in [0.3, 0.4) is 0 Å². The van der Waals surface area contributed by atoms with Crippen LogP contribution in [0, 0.1) is 0 Å². The van der Waals surface area contributed by atoms with Gasteiger partial charge in [0.1, 0.15) is 12.2 Å². The molecular weight excluding hydrogens is 488 g/mol. The van der Waals surface area contributed by atoms with Gasteiger partial charge in [0.15, 0.2) is 23.0 Å². The molecule has 2 unspecified atom stereocenters. The third-order valence-electron chi connectivity index (χ3n) is 6.47. The number of benzene rings is 2. The predicted molar refractivity (Wildman–Crippen MR) is 144 cm³/mol. The molecule has 0 spiro atoms. The second-order valence-corrected chi connectivity index (χ2v) is 9.31. The summed E-state index contributed by atoms with van der Waals surface area (Å²) in [6, 6.07) is 9.98. The third kappa shape index (κ3) is 8.04. The summed E-state index contributed by atoms with van der Waals surface area (Å²) < 4.78 is 34.0. The van der Waals surface area contributed by atoms with Crippen molar-refractivity contribution in [3.05, 3.63) is 47.5 Å². The van der Waals surface area contributed by atoms with Crippen LogP contribution in [0.4, 0.5) is 0 Å². The van der Waals surface area contributed by atoms with E-state index >= 15 is 0 Å². The van der Waals surface area contributed by atoms with Gasteiger partial charge in [-0.15, -0.1) is 0 Å². The summed E-state index contributed by atoms with van der Waals surface area (Å²) in [6.07, 6.45) is 5.83. The van der Waals surface area contributed by atoms with Crippen LogP contribution in [0.5, 0.6) is 23.0 Å². The highest BCUT2D eigenvalue weighted by Gasteiger charge is 2.32. The highest BCUT2D eigenvalue weighted by molar-refractivity contribution is 5.91. The second-order valence-electron chi connectivity index (χ2n) is 9.31. The summed E-state index contributed by atoms with van der Waals surface area (Å²) in [7, 11) is 3.07. The van der Waals surface area contributed by atoms with Crippen molar-refractivity contribution in [2.75, 3.05) is 27.4 Å². The van der Waals surface area contributed by atoms with Crippen LogP contribution >= 0.6 is 0 Å². The van der Waals surface area contributed by atoms with Crippen molar-refractivity contribution in [3.8, 4) is 23.0 Å². The normalized spacial score (nSPS) is 16.8. The van der Waals surface area contributed by atoms with Gasteiger partial charge in [-0.1, -0.05) is 26.7 Å². The predicted octanol–water partition coefficient (Wildman–Crippen LogP) is 6.39. The Morgan fingerprint density at radius 2 is 1.11 bits per heavy atom. The summed E-state index contributed by atoms with van der Waals surface area (Å²) in [6.45, 7) is 5.33. The molecule has 0 aliphatic heterocycles. The first-order valence-electron chi connectivity index (χ1n) is 13.5. The molecule has 208 valence electrons. The lowest BCUT2D eigenvalue weighted by molar-refractivity contribution is -0.0514. The third-order valence-corrected chi connectivity index (χ3v) is 6.47. The number of esters is 2. The Bertz CT molecular complexity index is 967. The molecule has 2 aromatic rings. The van der Waals surface area contributed by atoms with Gasteiger partial charge < -0.3 is 28.4 Å². The SMILES string of the molecule is CCCCOc1ccc(C(=O)OC2CCCCC2OC(=O)c2ccc(OCCCC)c(OC)c2)cc1OC. The van der Waals surface area contributed by atoms with Gasteiger partial charge in [0.05, 0.1) is 38.6 Å². The number of methoxy groups -OCH3 is 2. The molecule has 1 fully saturated rings. The number of hydrogen-bond donors (Lipinski definition) is 0. The highest BCUT2D eigenvalue weighted by Crippen LogP contribution is 2.32. The minimum Gasteiger partial charge on any atom is -0.493 e. The molecule has 2 aromatic carbocycles. The second kappa shape index (κ2) is 15.1. The molecule has 2 atom stereocenters. The van der Waals surface area contributed by atoms with Crippen LogP contribution in [0.25, 0.3) is 0 Å². The van der Waals surface area contributed by atoms with E-state index in [2.05, 4.69) is 13.8 Å². The molecule has 0 saturated heterocycles. The minimum absolute atomic E-state index is 0.351. The maximum Gasteiger partial charge on any atom is 0.338 e. The molecule has 0 radical (unpaired) electrons. The summed E-state index contributed by atoms with van der Waals surface area (Å²) in [4.78, 5) is 26.0. The quantitative estimate of drug-likeness (QED) is 0.206. The Kier molecular flexibility index (Phi) is 11.6. The topological polar surface area (TPSA) is 89.5 Å². The van der Waals surface area contributed by atoms with E-state index in [1.807, 2.05) is 0 Å². The molecule has 1 aliphatic rings. The van der Waals surface area contributed by atoms with E-state index in [1.165, 1.54) is 14.2 Å². The fraction of sp³-hybridized carbons (Fsp3) is 0.533. The van der Waals surface area contributed by atoms with Gasteiger partial charge in [-0.3, -0.25) is 0 Å². The molecule has 0 heterocycles. The zero-order chi connectivity index (χ0) is 27.3. The first-order chi connectivity index (χ1) is 18.5. The van der Waals surface area contributed by atoms with Crippen LogP contribution in [0.15, 0.2) is 36.4 Å². The molecule has 38 heavy (non-hydrogen) atoms. The maximum atomic E-state index is 13.0. The average Bonchev–Trinajstić information content (AvgIpc) is 2.94. The number of carbonyl (C=O) groups excluding carboxylic acids is 2. The lowest BCUT2D eigenvalue weighted by atomic mass is 9.94. The number of rotatable bonds is 14. The standard InChI is InChI=1S/C30H40O8/c1-5-7-17-35-23-15-13-21(19-27(23)33-3)29(31)37-25-11-9-10-12-26(25)38-30(32)22-14-16-24(28(20-22)34-4)36-18-8-6-2/h13-16,19-20,25-26H,5-12,17-18H2,1-4H3. The number of hydrogen-bond acceptors (Lipinski definition) is 8. The average molecular weight is 529 g/mol. The van der Waals surface area contributed by atoms with E-state index in [-0.39, 0.29) is 0 Å². The Hall–Kier alpha value is -3.42. The monoisotopic (exact) mass is 528 g/mol. The summed E-state index contributed by atoms with van der Waals surface area (Å²) in [5.74, 6) is 1.12. The van der Waals surface area contributed by atoms with Crippen molar-refractivity contribution in [1.29, 1.82) is 0 Å². The van der Waals surface area contributed by atoms with E-state index in [0.29, 0.717) is 60.2 Å². The van der Waals surface area contributed by atoms with Crippen molar-refractivity contribution in [2.45, 2.75) is 77.4 Å². The van der Waals surface area contributed by atoms with E-state index in [4.69, 9.17) is 28.4 Å². The van der Waals surface area contributed by atoms with Gasteiger partial charge in [0.2, 0.25) is 0 Å². The molecule has 0 bridgehead atoms. The zero-order valence-corrected chi connectivity index (χ0v) is 23.0. The van der Waals surface area contributed by atoms with Crippen molar-refractivity contribution < 1.29 is 38.0 Å². The van der Waals surface area contributed by atoms with Crippen molar-refractivity contribution in [1.82, 2.24) is 0 Å². The van der Waals surface area contributed by atoms with Crippen LogP contribution in [0.1, 0.15) is 85.9 Å². The molecule has 0 amide bonds. The lowest BCUT2D eigenvalue weighted by Crippen LogP contribution is -2.37. The number of ether oxygens (including phenoxy) is 6. The Morgan fingerprint density at radius 3 is 1.47 bits per heavy atom. The van der Waals surface area contributed by atoms with Crippen molar-refractivity contribution in [3.63, 3.8) is 0 Å². The van der Waals surface area contributed by atoms with Crippen LogP contribution in [-0.2, 0) is 9.47 Å². The van der Waals surface area contributed by atoms with Gasteiger partial charge >= 0.3 is 11.9 Å². The summed E-state index contributed by atoms with van der Waals surface area (Å²) in [5, 5.41) is 0. The smallest absolute Gasteiger partial charge is 0.338 e. The Balaban J connectivity index is 1.65. The lowest BCUT2D eigenvalue weighted by Gasteiger charge is -2.30. The molecule has 8 heteroatoms. The minimum atomic E-state index is -0.537. The number of unbranched alkanes of at least 4 members (excludes halogenated alkanes) is 2. The molecule has 0 aromatic heterocycles. The van der Waals surface area contributed by atoms with E-state index < -0.39 is 24.1 Å². The maximum absolute atomic E-state index is 13.0. The molecule has 0 N–H and O–H groups in total. The van der Waals surface area contributed by atoms with Crippen molar-refractivity contribution in [2.24, 2.45) is 0 Å². The zero-order valence-electron chi connectivity index (χ0n) is 23.0. The Morgan fingerprint density at radius 1 is 0.684 bits per heavy atom. The molecular formula is C30H40O8. The van der Waals surface area contributed by atoms with Gasteiger partial charge in [-0.05, 0) is 74.9 Å². The fourth-order valence-electron chi connectivity index (χ4n) is 4.22. The molecule has 8 nitrogen and oxygen atoms in total. The van der Waals surface area contributed by atoms with Gasteiger partial charge in [0.25, 0.3) is 0 Å². The van der Waals surface area contributed by atoms with E-state index in [1.54, 1.807) is 36.4 Å². The Labute approximate surface area is 225 Å². The first kappa shape index (κ1) is 29.1. The van der Waals surface area contributed by atoms with Crippen molar-refractivity contribution >= 4 is 11.9 Å². The number of carbonyl (C=O) groups is 2. The summed E-state index contributed by atoms with van der Waals surface area (Å²) in [5.41, 5.74) is 0.701. The molecule has 3 rings (SSSR count). The molecule has 1 saturated carbocycles. The van der Waals surface area contributed by atoms with Gasteiger partial charge in [-0.2, -0.15) is 0 Å². The molecule has 1 aliphatic carbocycles.